The van der Waals surface area contributed by atoms with E-state index in [-0.39, 0.29) is 12.6 Å². The molecule has 86 valence electrons. The SMILES string of the molecule is NC1CCN(CC2=C=C=CC=C2)C1CCO. The molecule has 0 aromatic carbocycles. The monoisotopic (exact) mass is 218 g/mol. The summed E-state index contributed by atoms with van der Waals surface area (Å²) in [7, 11) is 0. The number of aliphatic hydroxyl groups is 1. The van der Waals surface area contributed by atoms with Gasteiger partial charge in [0.15, 0.2) is 0 Å². The zero-order chi connectivity index (χ0) is 11.4. The summed E-state index contributed by atoms with van der Waals surface area (Å²) in [6.45, 7) is 2.07. The lowest BCUT2D eigenvalue weighted by Gasteiger charge is -2.26. The highest BCUT2D eigenvalue weighted by atomic mass is 16.3. The van der Waals surface area contributed by atoms with E-state index in [1.54, 1.807) is 0 Å². The van der Waals surface area contributed by atoms with Crippen LogP contribution in [0.3, 0.4) is 0 Å². The summed E-state index contributed by atoms with van der Waals surface area (Å²) in [5, 5.41) is 9.03. The van der Waals surface area contributed by atoms with Gasteiger partial charge < -0.3 is 10.8 Å². The zero-order valence-corrected chi connectivity index (χ0v) is 9.39. The van der Waals surface area contributed by atoms with Gasteiger partial charge in [0.05, 0.1) is 0 Å². The summed E-state index contributed by atoms with van der Waals surface area (Å²) in [6.07, 6.45) is 7.66. The van der Waals surface area contributed by atoms with E-state index in [1.165, 1.54) is 0 Å². The highest BCUT2D eigenvalue weighted by Gasteiger charge is 2.30. The molecule has 0 saturated carbocycles. The molecule has 16 heavy (non-hydrogen) atoms. The van der Waals surface area contributed by atoms with Crippen LogP contribution in [0.25, 0.3) is 0 Å². The Kier molecular flexibility index (Phi) is 3.79. The van der Waals surface area contributed by atoms with E-state index in [1.807, 2.05) is 12.2 Å². The number of allylic oxidation sites excluding steroid dienone is 2. The molecule has 1 aliphatic carbocycles. The number of rotatable bonds is 4. The van der Waals surface area contributed by atoms with Crippen molar-refractivity contribution in [1.82, 2.24) is 4.90 Å². The fraction of sp³-hybridized carbons (Fsp3) is 0.538. The number of hydrogen-bond donors (Lipinski definition) is 2. The van der Waals surface area contributed by atoms with Crippen LogP contribution >= 0.6 is 0 Å². The smallest absolute Gasteiger partial charge is 0.0446 e. The summed E-state index contributed by atoms with van der Waals surface area (Å²) in [5.74, 6) is 0. The summed E-state index contributed by atoms with van der Waals surface area (Å²) >= 11 is 0. The molecular weight excluding hydrogens is 200 g/mol. The van der Waals surface area contributed by atoms with Crippen molar-refractivity contribution in [3.05, 3.63) is 35.3 Å². The van der Waals surface area contributed by atoms with Crippen LogP contribution in [-0.2, 0) is 0 Å². The van der Waals surface area contributed by atoms with Crippen molar-refractivity contribution in [3.63, 3.8) is 0 Å². The lowest BCUT2D eigenvalue weighted by Crippen LogP contribution is -2.40. The van der Waals surface area contributed by atoms with Crippen molar-refractivity contribution < 1.29 is 5.11 Å². The van der Waals surface area contributed by atoms with Crippen molar-refractivity contribution >= 4 is 0 Å². The number of likely N-dealkylation sites (tertiary alicyclic amines) is 1. The Morgan fingerprint density at radius 2 is 2.44 bits per heavy atom. The van der Waals surface area contributed by atoms with Crippen LogP contribution in [0.5, 0.6) is 0 Å². The molecule has 1 heterocycles. The average Bonchev–Trinajstić information content (AvgIpc) is 2.64. The minimum Gasteiger partial charge on any atom is -0.396 e. The van der Waals surface area contributed by atoms with Gasteiger partial charge in [0.1, 0.15) is 0 Å². The Labute approximate surface area is 96.2 Å². The predicted octanol–water partition coefficient (Wildman–Crippen LogP) is 0.577. The van der Waals surface area contributed by atoms with E-state index in [2.05, 4.69) is 22.4 Å². The van der Waals surface area contributed by atoms with Crippen LogP contribution in [0, 0.1) is 0 Å². The summed E-state index contributed by atoms with van der Waals surface area (Å²) in [6, 6.07) is 0.499. The highest BCUT2D eigenvalue weighted by Crippen LogP contribution is 2.20. The van der Waals surface area contributed by atoms with E-state index >= 15 is 0 Å². The van der Waals surface area contributed by atoms with Gasteiger partial charge in [0.25, 0.3) is 0 Å². The first-order valence-corrected chi connectivity index (χ1v) is 5.79. The molecule has 3 nitrogen and oxygen atoms in total. The third kappa shape index (κ3) is 2.53. The predicted molar refractivity (Wildman–Crippen MR) is 63.9 cm³/mol. The van der Waals surface area contributed by atoms with Crippen LogP contribution in [0.15, 0.2) is 35.3 Å². The number of aliphatic hydroxyl groups excluding tert-OH is 1. The second kappa shape index (κ2) is 5.31. The Hall–Kier alpha value is -1.08. The molecule has 1 aliphatic heterocycles. The Morgan fingerprint density at radius 3 is 3.12 bits per heavy atom. The minimum atomic E-state index is 0.194. The van der Waals surface area contributed by atoms with Gasteiger partial charge in [0.2, 0.25) is 0 Å². The molecule has 3 N–H and O–H groups in total. The number of hydrogen-bond acceptors (Lipinski definition) is 3. The molecule has 0 amide bonds. The van der Waals surface area contributed by atoms with Crippen LogP contribution in [0.4, 0.5) is 0 Å². The molecule has 0 aromatic rings. The molecule has 1 fully saturated rings. The first-order valence-electron chi connectivity index (χ1n) is 5.79. The van der Waals surface area contributed by atoms with Gasteiger partial charge in [-0.25, -0.2) is 0 Å². The van der Waals surface area contributed by atoms with Crippen molar-refractivity contribution in [2.75, 3.05) is 19.7 Å². The molecule has 0 bridgehead atoms. The molecule has 2 rings (SSSR count). The van der Waals surface area contributed by atoms with Crippen LogP contribution in [0.2, 0.25) is 0 Å². The highest BCUT2D eigenvalue weighted by molar-refractivity contribution is 5.27. The van der Waals surface area contributed by atoms with E-state index in [0.29, 0.717) is 6.04 Å². The van der Waals surface area contributed by atoms with Gasteiger partial charge in [-0.15, -0.1) is 0 Å². The first-order chi connectivity index (χ1) is 7.81. The standard InChI is InChI=1S/C13H18N2O/c14-12-6-8-15(13(12)7-9-16)10-11-4-2-1-3-5-11/h1-2,4,12-13,16H,6-10,14H2. The summed E-state index contributed by atoms with van der Waals surface area (Å²) < 4.78 is 0. The Balaban J connectivity index is 2.01. The fourth-order valence-electron chi connectivity index (χ4n) is 2.37. The van der Waals surface area contributed by atoms with Crippen LogP contribution in [0.1, 0.15) is 12.8 Å². The molecule has 2 unspecified atom stereocenters. The van der Waals surface area contributed by atoms with E-state index < -0.39 is 0 Å². The first kappa shape index (κ1) is 11.4. The average molecular weight is 218 g/mol. The Bertz CT molecular complexity index is 373. The summed E-state index contributed by atoms with van der Waals surface area (Å²) in [4.78, 5) is 2.33. The lowest BCUT2D eigenvalue weighted by molar-refractivity contribution is 0.198. The topological polar surface area (TPSA) is 49.5 Å². The molecule has 0 aromatic heterocycles. The van der Waals surface area contributed by atoms with Crippen molar-refractivity contribution in [1.29, 1.82) is 0 Å². The molecule has 0 spiro atoms. The number of nitrogens with two attached hydrogens (primary N) is 1. The molecule has 2 atom stereocenters. The van der Waals surface area contributed by atoms with E-state index in [0.717, 1.165) is 31.5 Å². The summed E-state index contributed by atoms with van der Waals surface area (Å²) in [5.41, 5.74) is 13.2. The van der Waals surface area contributed by atoms with Crippen molar-refractivity contribution in [3.8, 4) is 0 Å². The molecule has 3 heteroatoms. The van der Waals surface area contributed by atoms with Gasteiger partial charge >= 0.3 is 0 Å². The Morgan fingerprint density at radius 1 is 1.56 bits per heavy atom. The van der Waals surface area contributed by atoms with Crippen molar-refractivity contribution in [2.24, 2.45) is 5.73 Å². The van der Waals surface area contributed by atoms with Gasteiger partial charge in [-0.2, -0.15) is 0 Å². The second-order valence-electron chi connectivity index (χ2n) is 4.32. The molecule has 0 radical (unpaired) electrons. The maximum atomic E-state index is 9.03. The molecular formula is C13H18N2O. The normalized spacial score (nSPS) is 28.8. The minimum absolute atomic E-state index is 0.194. The third-order valence-electron chi connectivity index (χ3n) is 3.22. The lowest BCUT2D eigenvalue weighted by atomic mass is 10.1. The largest absolute Gasteiger partial charge is 0.396 e. The fourth-order valence-corrected chi connectivity index (χ4v) is 2.37. The zero-order valence-electron chi connectivity index (χ0n) is 9.39. The van der Waals surface area contributed by atoms with Gasteiger partial charge in [-0.3, -0.25) is 4.90 Å². The second-order valence-corrected chi connectivity index (χ2v) is 4.32. The van der Waals surface area contributed by atoms with Gasteiger partial charge in [0, 0.05) is 37.4 Å². The van der Waals surface area contributed by atoms with Crippen molar-refractivity contribution in [2.45, 2.75) is 24.9 Å². The van der Waals surface area contributed by atoms with Crippen LogP contribution in [-0.4, -0.2) is 41.8 Å². The van der Waals surface area contributed by atoms with Gasteiger partial charge in [-0.05, 0) is 25.0 Å². The maximum absolute atomic E-state index is 9.03. The maximum Gasteiger partial charge on any atom is 0.0446 e. The van der Waals surface area contributed by atoms with Crippen LogP contribution < -0.4 is 5.73 Å². The molecule has 1 saturated heterocycles. The quantitative estimate of drug-likeness (QED) is 0.679. The number of nitrogens with zero attached hydrogens (tertiary/aromatic N) is 1. The van der Waals surface area contributed by atoms with E-state index in [9.17, 15) is 0 Å². The van der Waals surface area contributed by atoms with Gasteiger partial charge in [-0.1, -0.05) is 17.5 Å². The third-order valence-corrected chi connectivity index (χ3v) is 3.22. The van der Waals surface area contributed by atoms with E-state index in [4.69, 9.17) is 10.8 Å². The molecule has 2 aliphatic rings.